The number of aromatic carboxylic acids is 1. The summed E-state index contributed by atoms with van der Waals surface area (Å²) in [5.41, 5.74) is 0.244. The zero-order valence-corrected chi connectivity index (χ0v) is 13.9. The Morgan fingerprint density at radius 1 is 1.50 bits per heavy atom. The van der Waals surface area contributed by atoms with Gasteiger partial charge in [-0.3, -0.25) is 0 Å². The van der Waals surface area contributed by atoms with Gasteiger partial charge in [-0.1, -0.05) is 11.6 Å². The minimum atomic E-state index is -3.78. The van der Waals surface area contributed by atoms with Crippen LogP contribution in [-0.2, 0) is 14.8 Å². The average molecular weight is 348 g/mol. The van der Waals surface area contributed by atoms with Crippen molar-refractivity contribution in [1.29, 1.82) is 0 Å². The lowest BCUT2D eigenvalue weighted by molar-refractivity contribution is 0.0695. The highest BCUT2D eigenvalue weighted by Gasteiger charge is 2.33. The van der Waals surface area contributed by atoms with E-state index in [4.69, 9.17) is 16.3 Å². The number of hydrogen-bond donors (Lipinski definition) is 1. The smallest absolute Gasteiger partial charge is 0.336 e. The number of benzene rings is 1. The highest BCUT2D eigenvalue weighted by atomic mass is 35.5. The second-order valence-corrected chi connectivity index (χ2v) is 7.46. The van der Waals surface area contributed by atoms with Gasteiger partial charge in [-0.15, -0.1) is 0 Å². The first-order valence-electron chi connectivity index (χ1n) is 6.92. The second-order valence-electron chi connectivity index (χ2n) is 5.11. The summed E-state index contributed by atoms with van der Waals surface area (Å²) in [6, 6.07) is 2.46. The third-order valence-electron chi connectivity index (χ3n) is 3.70. The molecule has 1 N–H and O–H groups in total. The van der Waals surface area contributed by atoms with Crippen LogP contribution in [0.1, 0.15) is 29.3 Å². The highest BCUT2D eigenvalue weighted by Crippen LogP contribution is 2.28. The van der Waals surface area contributed by atoms with Crippen LogP contribution < -0.4 is 0 Å². The first-order chi connectivity index (χ1) is 10.3. The van der Waals surface area contributed by atoms with E-state index in [2.05, 4.69) is 0 Å². The summed E-state index contributed by atoms with van der Waals surface area (Å²) in [4.78, 5) is 11.1. The molecule has 2 rings (SSSR count). The van der Waals surface area contributed by atoms with Gasteiger partial charge in [0, 0.05) is 24.7 Å². The number of carboxylic acid groups (broad SMARTS) is 1. The zero-order chi connectivity index (χ0) is 16.5. The van der Waals surface area contributed by atoms with Gasteiger partial charge in [-0.25, -0.2) is 13.2 Å². The molecule has 8 heteroatoms. The van der Waals surface area contributed by atoms with Crippen molar-refractivity contribution in [3.63, 3.8) is 0 Å². The van der Waals surface area contributed by atoms with Gasteiger partial charge in [0.1, 0.15) is 0 Å². The number of hydrogen-bond acceptors (Lipinski definition) is 4. The molecule has 0 amide bonds. The minimum Gasteiger partial charge on any atom is -0.478 e. The Morgan fingerprint density at radius 3 is 2.77 bits per heavy atom. The Balaban J connectivity index is 2.37. The number of sulfonamides is 1. The molecule has 0 saturated carbocycles. The van der Waals surface area contributed by atoms with Crippen molar-refractivity contribution < 1.29 is 23.1 Å². The lowest BCUT2D eigenvalue weighted by Gasteiger charge is -2.18. The van der Waals surface area contributed by atoms with Gasteiger partial charge in [0.2, 0.25) is 10.0 Å². The summed E-state index contributed by atoms with van der Waals surface area (Å²) in [5.74, 6) is -1.20. The molecular weight excluding hydrogens is 330 g/mol. The first-order valence-corrected chi connectivity index (χ1v) is 8.74. The maximum atomic E-state index is 12.6. The molecule has 1 heterocycles. The fourth-order valence-electron chi connectivity index (χ4n) is 2.46. The third kappa shape index (κ3) is 3.27. The molecule has 6 nitrogen and oxygen atoms in total. The number of carboxylic acids is 1. The summed E-state index contributed by atoms with van der Waals surface area (Å²) in [7, 11) is -3.78. The van der Waals surface area contributed by atoms with E-state index in [1.165, 1.54) is 10.4 Å². The number of carbonyl (C=O) groups is 1. The standard InChI is InChI=1S/C14H18ClNO5S/c1-3-21-10-4-5-16(8-10)22(19,20)11-6-12(14(17)18)9(2)13(15)7-11/h6-7,10H,3-5,8H2,1-2H3,(H,17,18)/t10-/m0/s1. The van der Waals surface area contributed by atoms with Crippen molar-refractivity contribution in [2.75, 3.05) is 19.7 Å². The van der Waals surface area contributed by atoms with Crippen LogP contribution in [-0.4, -0.2) is 49.6 Å². The molecule has 0 bridgehead atoms. The lowest BCUT2D eigenvalue weighted by Crippen LogP contribution is -2.30. The highest BCUT2D eigenvalue weighted by molar-refractivity contribution is 7.89. The maximum absolute atomic E-state index is 12.6. The molecule has 22 heavy (non-hydrogen) atoms. The van der Waals surface area contributed by atoms with Crippen LogP contribution in [0.2, 0.25) is 5.02 Å². The topological polar surface area (TPSA) is 83.9 Å². The number of rotatable bonds is 5. The molecule has 1 aliphatic rings. The van der Waals surface area contributed by atoms with Crippen molar-refractivity contribution >= 4 is 27.6 Å². The monoisotopic (exact) mass is 347 g/mol. The predicted octanol–water partition coefficient (Wildman–Crippen LogP) is 2.15. The molecule has 0 aromatic heterocycles. The van der Waals surface area contributed by atoms with Crippen molar-refractivity contribution in [3.8, 4) is 0 Å². The maximum Gasteiger partial charge on any atom is 0.336 e. The molecule has 1 aliphatic heterocycles. The zero-order valence-electron chi connectivity index (χ0n) is 12.4. The predicted molar refractivity (Wildman–Crippen MR) is 81.9 cm³/mol. The van der Waals surface area contributed by atoms with E-state index in [1.54, 1.807) is 6.92 Å². The van der Waals surface area contributed by atoms with Crippen molar-refractivity contribution in [3.05, 3.63) is 28.3 Å². The second kappa shape index (κ2) is 6.54. The third-order valence-corrected chi connectivity index (χ3v) is 5.93. The van der Waals surface area contributed by atoms with Crippen LogP contribution in [0.4, 0.5) is 0 Å². The normalized spacial score (nSPS) is 19.5. The molecule has 122 valence electrons. The van der Waals surface area contributed by atoms with Crippen LogP contribution in [0.25, 0.3) is 0 Å². The fraction of sp³-hybridized carbons (Fsp3) is 0.500. The molecule has 0 unspecified atom stereocenters. The van der Waals surface area contributed by atoms with E-state index in [9.17, 15) is 18.3 Å². The Morgan fingerprint density at radius 2 is 2.18 bits per heavy atom. The summed E-state index contributed by atoms with van der Waals surface area (Å²) in [6.45, 7) is 4.54. The summed E-state index contributed by atoms with van der Waals surface area (Å²) >= 11 is 5.98. The van der Waals surface area contributed by atoms with Gasteiger partial charge in [-0.2, -0.15) is 4.31 Å². The van der Waals surface area contributed by atoms with Gasteiger partial charge >= 0.3 is 5.97 Å². The number of nitrogens with zero attached hydrogens (tertiary/aromatic N) is 1. The van der Waals surface area contributed by atoms with E-state index in [-0.39, 0.29) is 28.1 Å². The Hall–Kier alpha value is -1.15. The Bertz CT molecular complexity index is 689. The van der Waals surface area contributed by atoms with Crippen molar-refractivity contribution in [2.24, 2.45) is 0 Å². The van der Waals surface area contributed by atoms with E-state index < -0.39 is 16.0 Å². The van der Waals surface area contributed by atoms with Gasteiger partial charge in [0.05, 0.1) is 16.6 Å². The molecule has 0 radical (unpaired) electrons. The largest absolute Gasteiger partial charge is 0.478 e. The molecule has 1 atom stereocenters. The van der Waals surface area contributed by atoms with Crippen molar-refractivity contribution in [1.82, 2.24) is 4.31 Å². The summed E-state index contributed by atoms with van der Waals surface area (Å²) < 4.78 is 32.0. The van der Waals surface area contributed by atoms with Gasteiger partial charge in [0.25, 0.3) is 0 Å². The molecule has 1 fully saturated rings. The molecule has 0 spiro atoms. The fourth-order valence-corrected chi connectivity index (χ4v) is 4.29. The van der Waals surface area contributed by atoms with E-state index in [0.29, 0.717) is 25.1 Å². The van der Waals surface area contributed by atoms with Crippen LogP contribution >= 0.6 is 11.6 Å². The molecular formula is C14H18ClNO5S. The van der Waals surface area contributed by atoms with Gasteiger partial charge in [-0.05, 0) is 38.0 Å². The lowest BCUT2D eigenvalue weighted by atomic mass is 10.1. The van der Waals surface area contributed by atoms with E-state index in [0.717, 1.165) is 6.07 Å². The SMILES string of the molecule is CCO[C@H]1CCN(S(=O)(=O)c2cc(Cl)c(C)c(C(=O)O)c2)C1. The Kier molecular flexibility index (Phi) is 5.11. The number of halogens is 1. The quantitative estimate of drug-likeness (QED) is 0.882. The van der Waals surface area contributed by atoms with E-state index in [1.807, 2.05) is 6.92 Å². The molecule has 1 saturated heterocycles. The summed E-state index contributed by atoms with van der Waals surface area (Å²) in [6.07, 6.45) is 0.498. The van der Waals surface area contributed by atoms with Crippen LogP contribution in [0, 0.1) is 6.92 Å². The van der Waals surface area contributed by atoms with Gasteiger partial charge in [0.15, 0.2) is 0 Å². The first kappa shape index (κ1) is 17.2. The molecule has 1 aromatic rings. The molecule has 0 aliphatic carbocycles. The van der Waals surface area contributed by atoms with Crippen LogP contribution in [0.15, 0.2) is 17.0 Å². The number of ether oxygens (including phenoxy) is 1. The summed E-state index contributed by atoms with van der Waals surface area (Å²) in [5, 5.41) is 9.29. The van der Waals surface area contributed by atoms with Crippen molar-refractivity contribution in [2.45, 2.75) is 31.3 Å². The van der Waals surface area contributed by atoms with Crippen LogP contribution in [0.5, 0.6) is 0 Å². The van der Waals surface area contributed by atoms with Crippen LogP contribution in [0.3, 0.4) is 0 Å². The Labute approximate surface area is 134 Å². The average Bonchev–Trinajstić information content (AvgIpc) is 2.91. The minimum absolute atomic E-state index is 0.0994. The molecule has 1 aromatic carbocycles. The van der Waals surface area contributed by atoms with E-state index >= 15 is 0 Å². The van der Waals surface area contributed by atoms with Gasteiger partial charge < -0.3 is 9.84 Å².